The number of hydrogen-bond donors (Lipinski definition) is 1. The molecule has 4 heteroatoms. The molecule has 0 aliphatic heterocycles. The fraction of sp³-hybridized carbons (Fsp3) is 0.571. The lowest BCUT2D eigenvalue weighted by atomic mass is 10.1. The van der Waals surface area contributed by atoms with E-state index in [1.165, 1.54) is 0 Å². The molecule has 0 bridgehead atoms. The summed E-state index contributed by atoms with van der Waals surface area (Å²) in [5.41, 5.74) is 2.53. The van der Waals surface area contributed by atoms with Crippen molar-refractivity contribution in [3.05, 3.63) is 22.9 Å². The van der Waals surface area contributed by atoms with Gasteiger partial charge in [-0.05, 0) is 37.3 Å². The Hall–Kier alpha value is -1.58. The molecule has 1 aliphatic carbocycles. The van der Waals surface area contributed by atoms with Crippen molar-refractivity contribution in [2.75, 3.05) is 18.5 Å². The summed E-state index contributed by atoms with van der Waals surface area (Å²) in [6.45, 7) is 2.98. The number of aryl methyl sites for hydroxylation is 2. The average molecular weight is 248 g/mol. The van der Waals surface area contributed by atoms with Crippen LogP contribution in [0.1, 0.15) is 47.8 Å². The van der Waals surface area contributed by atoms with Crippen LogP contribution in [-0.2, 0) is 12.8 Å². The van der Waals surface area contributed by atoms with Crippen LogP contribution in [0.5, 0.6) is 0 Å². The number of fused-ring (bicyclic) bond motifs is 1. The summed E-state index contributed by atoms with van der Waals surface area (Å²) in [6, 6.07) is 1.81. The minimum Gasteiger partial charge on any atom is -0.478 e. The quantitative estimate of drug-likeness (QED) is 0.870. The summed E-state index contributed by atoms with van der Waals surface area (Å²) < 4.78 is 0. The highest BCUT2D eigenvalue weighted by atomic mass is 16.4. The molecule has 1 aromatic rings. The van der Waals surface area contributed by atoms with Gasteiger partial charge in [0.2, 0.25) is 0 Å². The third kappa shape index (κ3) is 2.47. The fourth-order valence-electron chi connectivity index (χ4n) is 2.41. The molecule has 0 saturated heterocycles. The molecule has 0 radical (unpaired) electrons. The highest BCUT2D eigenvalue weighted by molar-refractivity contribution is 5.93. The number of pyridine rings is 1. The van der Waals surface area contributed by atoms with Crippen molar-refractivity contribution in [1.82, 2.24) is 4.98 Å². The van der Waals surface area contributed by atoms with Crippen molar-refractivity contribution in [3.63, 3.8) is 0 Å². The Morgan fingerprint density at radius 3 is 2.94 bits per heavy atom. The van der Waals surface area contributed by atoms with Crippen molar-refractivity contribution in [1.29, 1.82) is 0 Å². The zero-order valence-corrected chi connectivity index (χ0v) is 11.1. The SMILES string of the molecule is CCCCN(C)c1nc2c(cc1C(=O)O)CCC2. The van der Waals surface area contributed by atoms with Crippen molar-refractivity contribution < 1.29 is 9.90 Å². The first-order chi connectivity index (χ1) is 8.63. The van der Waals surface area contributed by atoms with Gasteiger partial charge in [-0.1, -0.05) is 13.3 Å². The van der Waals surface area contributed by atoms with Gasteiger partial charge in [0.15, 0.2) is 0 Å². The number of hydrogen-bond acceptors (Lipinski definition) is 3. The van der Waals surface area contributed by atoms with Crippen LogP contribution in [-0.4, -0.2) is 29.7 Å². The Balaban J connectivity index is 2.35. The van der Waals surface area contributed by atoms with Crippen LogP contribution < -0.4 is 4.90 Å². The molecule has 98 valence electrons. The Bertz CT molecular complexity index is 457. The van der Waals surface area contributed by atoms with Crippen LogP contribution in [0, 0.1) is 0 Å². The van der Waals surface area contributed by atoms with Gasteiger partial charge < -0.3 is 10.0 Å². The number of anilines is 1. The lowest BCUT2D eigenvalue weighted by Gasteiger charge is -2.20. The number of carboxylic acid groups (broad SMARTS) is 1. The van der Waals surface area contributed by atoms with Gasteiger partial charge in [0.1, 0.15) is 11.4 Å². The van der Waals surface area contributed by atoms with E-state index in [2.05, 4.69) is 11.9 Å². The van der Waals surface area contributed by atoms with Crippen LogP contribution in [0.15, 0.2) is 6.07 Å². The van der Waals surface area contributed by atoms with E-state index in [1.54, 1.807) is 0 Å². The van der Waals surface area contributed by atoms with Crippen molar-refractivity contribution in [2.45, 2.75) is 39.0 Å². The summed E-state index contributed by atoms with van der Waals surface area (Å²) >= 11 is 0. The average Bonchev–Trinajstić information content (AvgIpc) is 2.81. The third-order valence-electron chi connectivity index (χ3n) is 3.47. The van der Waals surface area contributed by atoms with Gasteiger partial charge in [0.25, 0.3) is 0 Å². The predicted octanol–water partition coefficient (Wildman–Crippen LogP) is 2.50. The Labute approximate surface area is 108 Å². The first-order valence-electron chi connectivity index (χ1n) is 6.60. The zero-order valence-electron chi connectivity index (χ0n) is 11.1. The number of carboxylic acids is 1. The molecular formula is C14H20N2O2. The normalized spacial score (nSPS) is 13.4. The molecule has 1 N–H and O–H groups in total. The molecule has 18 heavy (non-hydrogen) atoms. The van der Waals surface area contributed by atoms with Gasteiger partial charge in [0.05, 0.1) is 0 Å². The maximum atomic E-state index is 11.3. The van der Waals surface area contributed by atoms with Crippen molar-refractivity contribution >= 4 is 11.8 Å². The van der Waals surface area contributed by atoms with Gasteiger partial charge in [-0.2, -0.15) is 0 Å². The predicted molar refractivity (Wildman–Crippen MR) is 71.4 cm³/mol. The molecule has 0 saturated carbocycles. The van der Waals surface area contributed by atoms with E-state index in [-0.39, 0.29) is 0 Å². The molecule has 1 aliphatic rings. The second-order valence-electron chi connectivity index (χ2n) is 4.90. The Morgan fingerprint density at radius 2 is 2.28 bits per heavy atom. The van der Waals surface area contributed by atoms with Gasteiger partial charge >= 0.3 is 5.97 Å². The van der Waals surface area contributed by atoms with E-state index in [1.807, 2.05) is 18.0 Å². The minimum atomic E-state index is -0.879. The number of unbranched alkanes of at least 4 members (excludes halogenated alkanes) is 1. The van der Waals surface area contributed by atoms with E-state index in [0.717, 1.165) is 49.9 Å². The second kappa shape index (κ2) is 5.38. The lowest BCUT2D eigenvalue weighted by Crippen LogP contribution is -2.23. The fourth-order valence-corrected chi connectivity index (χ4v) is 2.41. The van der Waals surface area contributed by atoms with E-state index < -0.39 is 5.97 Å². The van der Waals surface area contributed by atoms with Crippen molar-refractivity contribution in [3.8, 4) is 0 Å². The number of aromatic carboxylic acids is 1. The molecule has 0 amide bonds. The van der Waals surface area contributed by atoms with E-state index in [4.69, 9.17) is 0 Å². The Kier molecular flexibility index (Phi) is 3.84. The molecule has 0 fully saturated rings. The smallest absolute Gasteiger partial charge is 0.339 e. The number of rotatable bonds is 5. The molecule has 0 aromatic carbocycles. The van der Waals surface area contributed by atoms with Crippen molar-refractivity contribution in [2.24, 2.45) is 0 Å². The molecule has 0 unspecified atom stereocenters. The first kappa shape index (κ1) is 12.9. The van der Waals surface area contributed by atoms with Gasteiger partial charge in [0, 0.05) is 19.3 Å². The van der Waals surface area contributed by atoms with Gasteiger partial charge in [-0.15, -0.1) is 0 Å². The summed E-state index contributed by atoms with van der Waals surface area (Å²) in [7, 11) is 1.92. The Morgan fingerprint density at radius 1 is 1.50 bits per heavy atom. The molecule has 2 rings (SSSR count). The molecule has 4 nitrogen and oxygen atoms in total. The van der Waals surface area contributed by atoms with Crippen LogP contribution in [0.2, 0.25) is 0 Å². The number of nitrogens with zero attached hydrogens (tertiary/aromatic N) is 2. The summed E-state index contributed by atoms with van der Waals surface area (Å²) in [5, 5.41) is 9.30. The highest BCUT2D eigenvalue weighted by Gasteiger charge is 2.21. The van der Waals surface area contributed by atoms with Gasteiger partial charge in [-0.25, -0.2) is 9.78 Å². The highest BCUT2D eigenvalue weighted by Crippen LogP contribution is 2.27. The van der Waals surface area contributed by atoms with E-state index >= 15 is 0 Å². The summed E-state index contributed by atoms with van der Waals surface area (Å²) in [6.07, 6.45) is 5.17. The number of carbonyl (C=O) groups is 1. The van der Waals surface area contributed by atoms with Crippen LogP contribution in [0.3, 0.4) is 0 Å². The molecule has 0 atom stereocenters. The standard InChI is InChI=1S/C14H20N2O2/c1-3-4-8-16(2)13-11(14(17)18)9-10-6-5-7-12(10)15-13/h9H,3-8H2,1-2H3,(H,17,18). The van der Waals surface area contributed by atoms with E-state index in [0.29, 0.717) is 11.4 Å². The summed E-state index contributed by atoms with van der Waals surface area (Å²) in [4.78, 5) is 17.9. The van der Waals surface area contributed by atoms with E-state index in [9.17, 15) is 9.90 Å². The molecule has 1 aromatic heterocycles. The molecule has 0 spiro atoms. The second-order valence-corrected chi connectivity index (χ2v) is 4.90. The number of aromatic nitrogens is 1. The maximum Gasteiger partial charge on any atom is 0.339 e. The largest absolute Gasteiger partial charge is 0.478 e. The summed E-state index contributed by atoms with van der Waals surface area (Å²) in [5.74, 6) is -0.257. The molecule has 1 heterocycles. The topological polar surface area (TPSA) is 53.4 Å². The van der Waals surface area contributed by atoms with Crippen LogP contribution in [0.4, 0.5) is 5.82 Å². The zero-order chi connectivity index (χ0) is 13.1. The van der Waals surface area contributed by atoms with Crippen LogP contribution in [0.25, 0.3) is 0 Å². The minimum absolute atomic E-state index is 0.342. The molecular weight excluding hydrogens is 228 g/mol. The first-order valence-corrected chi connectivity index (χ1v) is 6.60. The third-order valence-corrected chi connectivity index (χ3v) is 3.47. The monoisotopic (exact) mass is 248 g/mol. The van der Waals surface area contributed by atoms with Crippen LogP contribution >= 0.6 is 0 Å². The lowest BCUT2D eigenvalue weighted by molar-refractivity contribution is 0.0697. The van der Waals surface area contributed by atoms with Gasteiger partial charge in [-0.3, -0.25) is 0 Å². The maximum absolute atomic E-state index is 11.3.